The van der Waals surface area contributed by atoms with E-state index in [0.29, 0.717) is 27.6 Å². The lowest BCUT2D eigenvalue weighted by atomic mass is 10.1. The molecular formula is C16H14ClNO3. The fourth-order valence-electron chi connectivity index (χ4n) is 1.93. The molecule has 0 fully saturated rings. The van der Waals surface area contributed by atoms with E-state index in [4.69, 9.17) is 26.3 Å². The van der Waals surface area contributed by atoms with Gasteiger partial charge in [0.15, 0.2) is 0 Å². The monoisotopic (exact) mass is 303 g/mol. The molecule has 0 unspecified atom stereocenters. The minimum atomic E-state index is -0.161. The van der Waals surface area contributed by atoms with Crippen molar-refractivity contribution in [3.8, 4) is 17.6 Å². The van der Waals surface area contributed by atoms with Crippen LogP contribution in [0.4, 0.5) is 0 Å². The lowest BCUT2D eigenvalue weighted by Gasteiger charge is -2.13. The predicted molar refractivity (Wildman–Crippen MR) is 79.4 cm³/mol. The Morgan fingerprint density at radius 3 is 2.57 bits per heavy atom. The number of hydrogen-bond acceptors (Lipinski definition) is 4. The van der Waals surface area contributed by atoms with Gasteiger partial charge in [0, 0.05) is 16.1 Å². The Balaban J connectivity index is 2.22. The Morgan fingerprint density at radius 2 is 1.90 bits per heavy atom. The summed E-state index contributed by atoms with van der Waals surface area (Å²) in [5.74, 6) is 1.19. The molecule has 21 heavy (non-hydrogen) atoms. The van der Waals surface area contributed by atoms with Crippen molar-refractivity contribution in [3.63, 3.8) is 0 Å². The SMILES string of the molecule is COc1ccc(C#N)cc1COc1ccc(Cl)cc1CO. The number of halogens is 1. The zero-order valence-corrected chi connectivity index (χ0v) is 12.2. The number of methoxy groups -OCH3 is 1. The van der Waals surface area contributed by atoms with E-state index >= 15 is 0 Å². The Bertz CT molecular complexity index is 680. The first-order valence-corrected chi connectivity index (χ1v) is 6.65. The van der Waals surface area contributed by atoms with Crippen molar-refractivity contribution in [1.29, 1.82) is 5.26 Å². The molecule has 0 aromatic heterocycles. The van der Waals surface area contributed by atoms with Gasteiger partial charge in [-0.15, -0.1) is 0 Å². The fourth-order valence-corrected chi connectivity index (χ4v) is 2.12. The van der Waals surface area contributed by atoms with Crippen LogP contribution in [-0.4, -0.2) is 12.2 Å². The highest BCUT2D eigenvalue weighted by Gasteiger charge is 2.08. The average molecular weight is 304 g/mol. The Morgan fingerprint density at radius 1 is 1.14 bits per heavy atom. The van der Waals surface area contributed by atoms with E-state index in [1.54, 1.807) is 43.5 Å². The molecule has 1 N–H and O–H groups in total. The molecule has 0 heterocycles. The van der Waals surface area contributed by atoms with E-state index in [1.165, 1.54) is 0 Å². The highest BCUT2D eigenvalue weighted by atomic mass is 35.5. The van der Waals surface area contributed by atoms with Gasteiger partial charge in [-0.2, -0.15) is 5.26 Å². The van der Waals surface area contributed by atoms with Gasteiger partial charge >= 0.3 is 0 Å². The van der Waals surface area contributed by atoms with E-state index < -0.39 is 0 Å². The average Bonchev–Trinajstić information content (AvgIpc) is 2.53. The van der Waals surface area contributed by atoms with Crippen molar-refractivity contribution in [2.24, 2.45) is 0 Å². The lowest BCUT2D eigenvalue weighted by Crippen LogP contribution is -2.01. The van der Waals surface area contributed by atoms with Gasteiger partial charge in [0.2, 0.25) is 0 Å². The topological polar surface area (TPSA) is 62.5 Å². The third-order valence-corrected chi connectivity index (χ3v) is 3.22. The van der Waals surface area contributed by atoms with Gasteiger partial charge in [0.05, 0.1) is 25.3 Å². The number of aliphatic hydroxyl groups is 1. The van der Waals surface area contributed by atoms with Crippen LogP contribution in [0.3, 0.4) is 0 Å². The van der Waals surface area contributed by atoms with Crippen molar-refractivity contribution in [2.75, 3.05) is 7.11 Å². The smallest absolute Gasteiger partial charge is 0.125 e. The maximum atomic E-state index is 9.32. The van der Waals surface area contributed by atoms with Crippen LogP contribution in [-0.2, 0) is 13.2 Å². The molecule has 0 radical (unpaired) electrons. The number of nitriles is 1. The van der Waals surface area contributed by atoms with Crippen LogP contribution in [0.15, 0.2) is 36.4 Å². The number of nitrogens with zero attached hydrogens (tertiary/aromatic N) is 1. The molecule has 0 saturated heterocycles. The van der Waals surface area contributed by atoms with E-state index in [1.807, 2.05) is 0 Å². The maximum absolute atomic E-state index is 9.32. The van der Waals surface area contributed by atoms with Crippen LogP contribution in [0.2, 0.25) is 5.02 Å². The Labute approximate surface area is 128 Å². The van der Waals surface area contributed by atoms with Crippen LogP contribution in [0.1, 0.15) is 16.7 Å². The zero-order valence-electron chi connectivity index (χ0n) is 11.5. The molecule has 0 atom stereocenters. The number of benzene rings is 2. The van der Waals surface area contributed by atoms with Gasteiger partial charge in [-0.05, 0) is 36.4 Å². The molecule has 2 aromatic rings. The summed E-state index contributed by atoms with van der Waals surface area (Å²) in [4.78, 5) is 0. The minimum absolute atomic E-state index is 0.161. The Hall–Kier alpha value is -2.22. The van der Waals surface area contributed by atoms with Crippen molar-refractivity contribution in [3.05, 3.63) is 58.1 Å². The summed E-state index contributed by atoms with van der Waals surface area (Å²) in [5, 5.41) is 18.8. The van der Waals surface area contributed by atoms with Crippen LogP contribution < -0.4 is 9.47 Å². The number of rotatable bonds is 5. The quantitative estimate of drug-likeness (QED) is 0.920. The number of ether oxygens (including phenoxy) is 2. The van der Waals surface area contributed by atoms with Crippen LogP contribution in [0.25, 0.3) is 0 Å². The summed E-state index contributed by atoms with van der Waals surface area (Å²) >= 11 is 5.88. The second-order valence-electron chi connectivity index (χ2n) is 4.34. The Kier molecular flexibility index (Phi) is 5.04. The molecule has 0 aliphatic heterocycles. The zero-order chi connectivity index (χ0) is 15.2. The predicted octanol–water partition coefficient (Wildman–Crippen LogP) is 3.29. The van der Waals surface area contributed by atoms with Crippen molar-refractivity contribution < 1.29 is 14.6 Å². The molecule has 0 amide bonds. The molecule has 108 valence electrons. The second-order valence-corrected chi connectivity index (χ2v) is 4.77. The van der Waals surface area contributed by atoms with Gasteiger partial charge in [-0.3, -0.25) is 0 Å². The van der Waals surface area contributed by atoms with E-state index in [-0.39, 0.29) is 13.2 Å². The van der Waals surface area contributed by atoms with Crippen molar-refractivity contribution in [2.45, 2.75) is 13.2 Å². The van der Waals surface area contributed by atoms with Gasteiger partial charge in [0.1, 0.15) is 18.1 Å². The fraction of sp³-hybridized carbons (Fsp3) is 0.188. The van der Waals surface area contributed by atoms with Crippen LogP contribution >= 0.6 is 11.6 Å². The van der Waals surface area contributed by atoms with E-state index in [2.05, 4.69) is 6.07 Å². The van der Waals surface area contributed by atoms with Crippen molar-refractivity contribution in [1.82, 2.24) is 0 Å². The second kappa shape index (κ2) is 6.98. The standard InChI is InChI=1S/C16H14ClNO3/c1-20-15-4-2-11(8-18)6-13(15)10-21-16-5-3-14(17)7-12(16)9-19/h2-7,19H,9-10H2,1H3. The van der Waals surface area contributed by atoms with Crippen LogP contribution in [0.5, 0.6) is 11.5 Å². The number of hydrogen-bond donors (Lipinski definition) is 1. The number of aliphatic hydroxyl groups excluding tert-OH is 1. The summed E-state index contributed by atoms with van der Waals surface area (Å²) in [6, 6.07) is 12.3. The molecule has 0 aliphatic rings. The summed E-state index contributed by atoms with van der Waals surface area (Å²) in [5.41, 5.74) is 1.90. The third kappa shape index (κ3) is 3.66. The molecule has 5 heteroatoms. The largest absolute Gasteiger partial charge is 0.496 e. The molecule has 0 spiro atoms. The first-order valence-electron chi connectivity index (χ1n) is 6.27. The molecule has 0 bridgehead atoms. The van der Waals surface area contributed by atoms with Gasteiger partial charge in [-0.1, -0.05) is 11.6 Å². The normalized spacial score (nSPS) is 10.0. The summed E-state index contributed by atoms with van der Waals surface area (Å²) in [6.45, 7) is 0.0680. The summed E-state index contributed by atoms with van der Waals surface area (Å²) in [7, 11) is 1.56. The maximum Gasteiger partial charge on any atom is 0.125 e. The molecule has 2 rings (SSSR count). The molecule has 0 aliphatic carbocycles. The molecule has 0 saturated carbocycles. The minimum Gasteiger partial charge on any atom is -0.496 e. The third-order valence-electron chi connectivity index (χ3n) is 2.99. The summed E-state index contributed by atoms with van der Waals surface area (Å²) < 4.78 is 11.0. The first kappa shape index (κ1) is 15.2. The highest BCUT2D eigenvalue weighted by molar-refractivity contribution is 6.30. The van der Waals surface area contributed by atoms with E-state index in [9.17, 15) is 5.11 Å². The molecular weight excluding hydrogens is 290 g/mol. The van der Waals surface area contributed by atoms with Gasteiger partial charge in [0.25, 0.3) is 0 Å². The van der Waals surface area contributed by atoms with Crippen molar-refractivity contribution >= 4 is 11.6 Å². The van der Waals surface area contributed by atoms with Crippen LogP contribution in [0, 0.1) is 11.3 Å². The lowest BCUT2D eigenvalue weighted by molar-refractivity contribution is 0.257. The van der Waals surface area contributed by atoms with Gasteiger partial charge in [-0.25, -0.2) is 0 Å². The molecule has 2 aromatic carbocycles. The van der Waals surface area contributed by atoms with E-state index in [0.717, 1.165) is 5.56 Å². The van der Waals surface area contributed by atoms with Gasteiger partial charge < -0.3 is 14.6 Å². The first-order chi connectivity index (χ1) is 10.2. The molecule has 4 nitrogen and oxygen atoms in total. The highest BCUT2D eigenvalue weighted by Crippen LogP contribution is 2.26. The summed E-state index contributed by atoms with van der Waals surface area (Å²) in [6.07, 6.45) is 0.